The van der Waals surface area contributed by atoms with Crippen LogP contribution in [0.4, 0.5) is 0 Å². The van der Waals surface area contributed by atoms with Crippen molar-refractivity contribution in [2.45, 2.75) is 154 Å². The normalized spacial score (nSPS) is 21.9. The molecule has 17 heteroatoms. The van der Waals surface area contributed by atoms with E-state index in [0.717, 1.165) is 67.2 Å². The SMILES string of the molecule is CN[C@@H](C)C(=O)NC(C(=O)N1C[C@@H](NC(=O)c2ccc(COc3ccc(CN(NC(=O)[C@H](C)NC)C(=O)[C@H]4CCC[C@H]4C(=O)N[C@@H]4CCCc5ccccc54)cc3)cc2)CC1C(=O)N[C@@H]1CCCc2ccccc21)C(C)(C)C. The molecule has 4 aromatic rings. The largest absolute Gasteiger partial charge is 0.489 e. The second-order valence-corrected chi connectivity index (χ2v) is 22.7. The molecule has 7 N–H and O–H groups in total. The van der Waals surface area contributed by atoms with E-state index in [2.05, 4.69) is 55.5 Å². The van der Waals surface area contributed by atoms with Crippen molar-refractivity contribution in [3.63, 3.8) is 0 Å². The molecule has 0 aromatic heterocycles. The number of carbonyl (C=O) groups excluding carboxylic acids is 7. The van der Waals surface area contributed by atoms with Crippen LogP contribution in [0, 0.1) is 17.3 Å². The lowest BCUT2D eigenvalue weighted by Gasteiger charge is -2.36. The molecule has 8 rings (SSSR count). The van der Waals surface area contributed by atoms with Gasteiger partial charge in [0, 0.05) is 24.1 Å². The zero-order valence-corrected chi connectivity index (χ0v) is 46.3. The fourth-order valence-corrected chi connectivity index (χ4v) is 11.4. The highest BCUT2D eigenvalue weighted by Crippen LogP contribution is 2.37. The quantitative estimate of drug-likeness (QED) is 0.0588. The lowest BCUT2D eigenvalue weighted by molar-refractivity contribution is -0.148. The van der Waals surface area contributed by atoms with Gasteiger partial charge in [0.25, 0.3) is 11.8 Å². The third-order valence-corrected chi connectivity index (χ3v) is 16.2. The summed E-state index contributed by atoms with van der Waals surface area (Å²) in [6.07, 6.45) is 7.47. The molecule has 4 aromatic carbocycles. The molecule has 0 radical (unpaired) electrons. The summed E-state index contributed by atoms with van der Waals surface area (Å²) in [7, 11) is 3.35. The summed E-state index contributed by atoms with van der Waals surface area (Å²) in [4.78, 5) is 98.9. The van der Waals surface area contributed by atoms with Crippen LogP contribution in [-0.4, -0.2) is 102 Å². The molecule has 7 amide bonds. The van der Waals surface area contributed by atoms with E-state index in [1.165, 1.54) is 21.0 Å². The number of nitrogens with zero attached hydrogens (tertiary/aromatic N) is 2. The second-order valence-electron chi connectivity index (χ2n) is 22.7. The van der Waals surface area contributed by atoms with Crippen molar-refractivity contribution < 1.29 is 38.3 Å². The number of rotatable bonds is 18. The average Bonchev–Trinajstić information content (AvgIpc) is 4.12. The zero-order chi connectivity index (χ0) is 55.7. The summed E-state index contributed by atoms with van der Waals surface area (Å²) >= 11 is 0. The van der Waals surface area contributed by atoms with Crippen LogP contribution in [0.1, 0.15) is 142 Å². The van der Waals surface area contributed by atoms with Crippen molar-refractivity contribution in [1.29, 1.82) is 0 Å². The minimum absolute atomic E-state index is 0.0768. The van der Waals surface area contributed by atoms with E-state index in [4.69, 9.17) is 4.74 Å². The van der Waals surface area contributed by atoms with Gasteiger partial charge in [0.1, 0.15) is 24.4 Å². The van der Waals surface area contributed by atoms with Crippen LogP contribution >= 0.6 is 0 Å². The number of ether oxygens (including phenoxy) is 1. The molecule has 2 unspecified atom stereocenters. The summed E-state index contributed by atoms with van der Waals surface area (Å²) < 4.78 is 6.14. The molecule has 3 aliphatic carbocycles. The molecule has 1 saturated carbocycles. The number of nitrogens with one attached hydrogen (secondary N) is 7. The minimum Gasteiger partial charge on any atom is -0.489 e. The second kappa shape index (κ2) is 25.6. The maximum absolute atomic E-state index is 14.6. The Morgan fingerprint density at radius 1 is 0.654 bits per heavy atom. The van der Waals surface area contributed by atoms with E-state index < -0.39 is 53.4 Å². The predicted octanol–water partition coefficient (Wildman–Crippen LogP) is 5.88. The van der Waals surface area contributed by atoms with Gasteiger partial charge in [0.15, 0.2) is 0 Å². The van der Waals surface area contributed by atoms with Crippen LogP contribution in [0.5, 0.6) is 5.75 Å². The van der Waals surface area contributed by atoms with Gasteiger partial charge in [-0.3, -0.25) is 39.0 Å². The van der Waals surface area contributed by atoms with Crippen molar-refractivity contribution in [3.8, 4) is 5.75 Å². The average molecular weight is 1070 g/mol. The Labute approximate surface area is 459 Å². The number of carbonyl (C=O) groups is 7. The van der Waals surface area contributed by atoms with Gasteiger partial charge in [-0.25, -0.2) is 5.01 Å². The fourth-order valence-electron chi connectivity index (χ4n) is 11.4. The summed E-state index contributed by atoms with van der Waals surface area (Å²) in [6.45, 7) is 9.39. The van der Waals surface area contributed by atoms with Crippen LogP contribution in [-0.2, 0) is 54.8 Å². The minimum atomic E-state index is -0.941. The van der Waals surface area contributed by atoms with E-state index in [1.807, 2.05) is 63.2 Å². The first-order valence-electron chi connectivity index (χ1n) is 27.9. The first kappa shape index (κ1) is 57.1. The fraction of sp³-hybridized carbons (Fsp3) is 0.492. The highest BCUT2D eigenvalue weighted by Gasteiger charge is 2.46. The molecule has 416 valence electrons. The lowest BCUT2D eigenvalue weighted by atomic mass is 9.85. The van der Waals surface area contributed by atoms with Crippen molar-refractivity contribution >= 4 is 41.4 Å². The number of fused-ring (bicyclic) bond motifs is 2. The van der Waals surface area contributed by atoms with Gasteiger partial charge in [0.05, 0.1) is 36.6 Å². The summed E-state index contributed by atoms with van der Waals surface area (Å²) in [6, 6.07) is 26.7. The van der Waals surface area contributed by atoms with Crippen molar-refractivity contribution in [3.05, 3.63) is 136 Å². The monoisotopic (exact) mass is 1070 g/mol. The Hall–Kier alpha value is -7.11. The first-order valence-corrected chi connectivity index (χ1v) is 27.9. The van der Waals surface area contributed by atoms with Gasteiger partial charge in [-0.1, -0.05) is 100.0 Å². The first-order chi connectivity index (χ1) is 37.4. The van der Waals surface area contributed by atoms with E-state index >= 15 is 0 Å². The van der Waals surface area contributed by atoms with Gasteiger partial charge < -0.3 is 41.5 Å². The van der Waals surface area contributed by atoms with Crippen LogP contribution in [0.15, 0.2) is 97.1 Å². The van der Waals surface area contributed by atoms with Gasteiger partial charge in [0.2, 0.25) is 29.5 Å². The zero-order valence-electron chi connectivity index (χ0n) is 46.3. The number of hydrogen-bond acceptors (Lipinski definition) is 10. The van der Waals surface area contributed by atoms with Gasteiger partial charge in [-0.05, 0) is 149 Å². The number of hydrazine groups is 1. The van der Waals surface area contributed by atoms with Crippen LogP contribution in [0.3, 0.4) is 0 Å². The van der Waals surface area contributed by atoms with Gasteiger partial charge in [-0.2, -0.15) is 0 Å². The third-order valence-electron chi connectivity index (χ3n) is 16.2. The number of hydrogen-bond donors (Lipinski definition) is 7. The Kier molecular flexibility index (Phi) is 18.7. The Morgan fingerprint density at radius 3 is 1.82 bits per heavy atom. The summed E-state index contributed by atoms with van der Waals surface area (Å²) in [5, 5.41) is 19.7. The summed E-state index contributed by atoms with van der Waals surface area (Å²) in [5.74, 6) is -2.72. The lowest BCUT2D eigenvalue weighted by Crippen LogP contribution is -2.59. The molecule has 0 spiro atoms. The Balaban J connectivity index is 0.886. The number of likely N-dealkylation sites (tertiary alicyclic amines) is 1. The molecular formula is C61H79N9O8. The standard InChI is InChI=1S/C61H79N9O8/c1-37(62-6)54(71)67-53(61(3,4)5)60(77)69-35-44(33-52(69)58(75)66-51-24-13-18-42-16-9-11-20-47(42)51)64-56(73)43-29-25-40(26-30-43)36-78-45-31-27-39(28-32-45)34-70(68-55(72)38(2)63-7)59(76)49-22-14-21-48(49)57(74)65-50-23-12-17-41-15-8-10-19-46(41)50/h8-11,15-16,19-20,25-32,37-38,44,48-53,62-63H,12-14,17-18,21-24,33-36H2,1-7H3,(H,64,73)(H,65,74)(H,66,75)(H,67,71)(H,68,72)/t37-,38-,44-,48+,49-,50+,51+,52?,53?/m0/s1. The smallest absolute Gasteiger partial charge is 0.255 e. The van der Waals surface area contributed by atoms with Gasteiger partial charge in [-0.15, -0.1) is 0 Å². The maximum atomic E-state index is 14.6. The molecule has 78 heavy (non-hydrogen) atoms. The molecule has 0 bridgehead atoms. The van der Waals surface area contributed by atoms with Gasteiger partial charge >= 0.3 is 0 Å². The van der Waals surface area contributed by atoms with E-state index in [-0.39, 0.29) is 73.6 Å². The van der Waals surface area contributed by atoms with Crippen LogP contribution < -0.4 is 42.1 Å². The molecule has 1 heterocycles. The highest BCUT2D eigenvalue weighted by atomic mass is 16.5. The molecule has 9 atom stereocenters. The molecule has 1 aliphatic heterocycles. The number of benzene rings is 4. The molecule has 2 fully saturated rings. The van der Waals surface area contributed by atoms with E-state index in [1.54, 1.807) is 64.3 Å². The number of amides is 7. The Morgan fingerprint density at radius 2 is 1.22 bits per heavy atom. The molecule has 1 saturated heterocycles. The predicted molar refractivity (Wildman–Crippen MR) is 297 cm³/mol. The molecular weight excluding hydrogens is 987 g/mol. The highest BCUT2D eigenvalue weighted by molar-refractivity contribution is 5.96. The van der Waals surface area contributed by atoms with E-state index in [0.29, 0.717) is 24.2 Å². The van der Waals surface area contributed by atoms with Crippen molar-refractivity contribution in [2.24, 2.45) is 17.3 Å². The molecule has 17 nitrogen and oxygen atoms in total. The summed E-state index contributed by atoms with van der Waals surface area (Å²) in [5.41, 5.74) is 8.72. The van der Waals surface area contributed by atoms with Crippen LogP contribution in [0.25, 0.3) is 0 Å². The van der Waals surface area contributed by atoms with Crippen LogP contribution in [0.2, 0.25) is 0 Å². The van der Waals surface area contributed by atoms with Crippen molar-refractivity contribution in [2.75, 3.05) is 20.6 Å². The Bertz CT molecular complexity index is 2800. The van der Waals surface area contributed by atoms with Crippen molar-refractivity contribution in [1.82, 2.24) is 47.2 Å². The van der Waals surface area contributed by atoms with E-state index in [9.17, 15) is 33.6 Å². The topological polar surface area (TPSA) is 219 Å². The molecule has 4 aliphatic rings. The number of likely N-dealkylation sites (N-methyl/N-ethyl adjacent to an activating group) is 2. The number of aryl methyl sites for hydroxylation is 2. The third kappa shape index (κ3) is 13.8. The maximum Gasteiger partial charge on any atom is 0.255 e.